The lowest BCUT2D eigenvalue weighted by atomic mass is 10.1. The molecule has 3 aromatic rings. The number of fused-ring (bicyclic) bond motifs is 1. The second-order valence-electron chi connectivity index (χ2n) is 7.61. The van der Waals surface area contributed by atoms with Gasteiger partial charge in [0.25, 0.3) is 0 Å². The van der Waals surface area contributed by atoms with Crippen molar-refractivity contribution in [1.82, 2.24) is 19.5 Å². The summed E-state index contributed by atoms with van der Waals surface area (Å²) in [6, 6.07) is 3.92. The van der Waals surface area contributed by atoms with Gasteiger partial charge < -0.3 is 25.4 Å². The van der Waals surface area contributed by atoms with Crippen molar-refractivity contribution in [3.8, 4) is 5.75 Å². The van der Waals surface area contributed by atoms with E-state index in [0.29, 0.717) is 28.5 Å². The first kappa shape index (κ1) is 19.8. The SMILES string of the molecule is CC(C)n1cnc2c(NCc3cc(F)ccc3O)nc(NCC(C)(C)O)nc21. The zero-order valence-electron chi connectivity index (χ0n) is 16.4. The maximum Gasteiger partial charge on any atom is 0.226 e. The van der Waals surface area contributed by atoms with Crippen molar-refractivity contribution in [2.75, 3.05) is 17.2 Å². The van der Waals surface area contributed by atoms with Crippen molar-refractivity contribution < 1.29 is 14.6 Å². The Bertz CT molecular complexity index is 980. The van der Waals surface area contributed by atoms with E-state index in [0.717, 1.165) is 0 Å². The highest BCUT2D eigenvalue weighted by atomic mass is 19.1. The number of phenols is 1. The van der Waals surface area contributed by atoms with E-state index in [1.54, 1.807) is 20.2 Å². The molecule has 8 nitrogen and oxygen atoms in total. The molecule has 0 saturated carbocycles. The van der Waals surface area contributed by atoms with Crippen LogP contribution in [0, 0.1) is 5.82 Å². The second-order valence-corrected chi connectivity index (χ2v) is 7.61. The van der Waals surface area contributed by atoms with Crippen molar-refractivity contribution >= 4 is 22.9 Å². The van der Waals surface area contributed by atoms with Crippen molar-refractivity contribution in [3.05, 3.63) is 35.9 Å². The Kier molecular flexibility index (Phi) is 5.37. The maximum atomic E-state index is 13.5. The molecule has 0 bridgehead atoms. The number of benzene rings is 1. The lowest BCUT2D eigenvalue weighted by Gasteiger charge is -2.18. The van der Waals surface area contributed by atoms with E-state index in [-0.39, 0.29) is 24.9 Å². The highest BCUT2D eigenvalue weighted by Crippen LogP contribution is 2.25. The fraction of sp³-hybridized carbons (Fsp3) is 0.421. The largest absolute Gasteiger partial charge is 0.508 e. The number of aliphatic hydroxyl groups is 1. The number of halogens is 1. The quantitative estimate of drug-likeness (QED) is 0.493. The van der Waals surface area contributed by atoms with Gasteiger partial charge in [0.05, 0.1) is 11.9 Å². The van der Waals surface area contributed by atoms with E-state index in [1.807, 2.05) is 18.4 Å². The van der Waals surface area contributed by atoms with Crippen LogP contribution in [0.25, 0.3) is 11.2 Å². The summed E-state index contributed by atoms with van der Waals surface area (Å²) in [4.78, 5) is 13.4. The van der Waals surface area contributed by atoms with Gasteiger partial charge in [0, 0.05) is 24.7 Å². The molecule has 0 radical (unpaired) electrons. The number of nitrogens with one attached hydrogen (secondary N) is 2. The number of nitrogens with zero attached hydrogens (tertiary/aromatic N) is 4. The molecule has 3 rings (SSSR count). The third-order valence-electron chi connectivity index (χ3n) is 4.14. The summed E-state index contributed by atoms with van der Waals surface area (Å²) in [6.45, 7) is 7.83. The summed E-state index contributed by atoms with van der Waals surface area (Å²) >= 11 is 0. The molecule has 1 aromatic carbocycles. The minimum absolute atomic E-state index is 0.00714. The fourth-order valence-electron chi connectivity index (χ4n) is 2.67. The van der Waals surface area contributed by atoms with E-state index >= 15 is 0 Å². The maximum absolute atomic E-state index is 13.5. The van der Waals surface area contributed by atoms with Crippen LogP contribution in [0.4, 0.5) is 16.2 Å². The Hall–Kier alpha value is -2.94. The van der Waals surface area contributed by atoms with Crippen LogP contribution >= 0.6 is 0 Å². The zero-order valence-corrected chi connectivity index (χ0v) is 16.4. The summed E-state index contributed by atoms with van der Waals surface area (Å²) in [5, 5.41) is 26.0. The Morgan fingerprint density at radius 3 is 2.64 bits per heavy atom. The van der Waals surface area contributed by atoms with Crippen molar-refractivity contribution in [2.45, 2.75) is 45.9 Å². The average Bonchev–Trinajstić information content (AvgIpc) is 3.04. The number of rotatable bonds is 7. The van der Waals surface area contributed by atoms with Crippen LogP contribution in [0.1, 0.15) is 39.3 Å². The van der Waals surface area contributed by atoms with Gasteiger partial charge in [-0.25, -0.2) is 9.37 Å². The second kappa shape index (κ2) is 7.59. The molecule has 0 aliphatic carbocycles. The molecule has 28 heavy (non-hydrogen) atoms. The van der Waals surface area contributed by atoms with Crippen LogP contribution in [0.5, 0.6) is 5.75 Å². The number of aromatic hydroxyl groups is 1. The van der Waals surface area contributed by atoms with Gasteiger partial charge in [-0.3, -0.25) is 0 Å². The summed E-state index contributed by atoms with van der Waals surface area (Å²) in [5.74, 6) is 0.348. The van der Waals surface area contributed by atoms with Crippen LogP contribution in [-0.2, 0) is 6.54 Å². The van der Waals surface area contributed by atoms with E-state index in [4.69, 9.17) is 0 Å². The van der Waals surface area contributed by atoms with Gasteiger partial charge >= 0.3 is 0 Å². The minimum atomic E-state index is -0.933. The normalized spacial score (nSPS) is 12.0. The average molecular weight is 388 g/mol. The number of phenolic OH excluding ortho intramolecular Hbond substituents is 1. The number of hydrogen-bond acceptors (Lipinski definition) is 7. The lowest BCUT2D eigenvalue weighted by Crippen LogP contribution is -2.30. The monoisotopic (exact) mass is 388 g/mol. The highest BCUT2D eigenvalue weighted by Gasteiger charge is 2.17. The predicted molar refractivity (Wildman–Crippen MR) is 106 cm³/mol. The van der Waals surface area contributed by atoms with E-state index < -0.39 is 11.4 Å². The van der Waals surface area contributed by atoms with Gasteiger partial charge in [-0.1, -0.05) is 0 Å². The van der Waals surface area contributed by atoms with E-state index in [9.17, 15) is 14.6 Å². The molecule has 0 atom stereocenters. The molecule has 0 aliphatic heterocycles. The molecule has 0 fully saturated rings. The molecule has 2 aromatic heterocycles. The molecule has 0 spiro atoms. The van der Waals surface area contributed by atoms with Crippen molar-refractivity contribution in [2.24, 2.45) is 0 Å². The first-order valence-corrected chi connectivity index (χ1v) is 9.06. The summed E-state index contributed by atoms with van der Waals surface area (Å²) in [6.07, 6.45) is 1.69. The first-order valence-electron chi connectivity index (χ1n) is 9.06. The van der Waals surface area contributed by atoms with Gasteiger partial charge in [-0.05, 0) is 45.9 Å². The Morgan fingerprint density at radius 2 is 1.96 bits per heavy atom. The molecule has 9 heteroatoms. The Labute approximate surface area is 162 Å². The molecule has 0 saturated heterocycles. The van der Waals surface area contributed by atoms with Crippen LogP contribution in [0.3, 0.4) is 0 Å². The third kappa shape index (κ3) is 4.48. The van der Waals surface area contributed by atoms with Gasteiger partial charge in [0.1, 0.15) is 11.6 Å². The molecule has 0 aliphatic rings. The van der Waals surface area contributed by atoms with Gasteiger partial charge in [-0.15, -0.1) is 0 Å². The molecule has 0 amide bonds. The first-order chi connectivity index (χ1) is 13.1. The third-order valence-corrected chi connectivity index (χ3v) is 4.14. The highest BCUT2D eigenvalue weighted by molar-refractivity contribution is 5.84. The van der Waals surface area contributed by atoms with Crippen LogP contribution < -0.4 is 10.6 Å². The minimum Gasteiger partial charge on any atom is -0.508 e. The molecule has 150 valence electrons. The molecule has 0 unspecified atom stereocenters. The summed E-state index contributed by atoms with van der Waals surface area (Å²) < 4.78 is 15.4. The number of anilines is 2. The van der Waals surface area contributed by atoms with Crippen LogP contribution in [0.15, 0.2) is 24.5 Å². The van der Waals surface area contributed by atoms with Gasteiger partial charge in [0.15, 0.2) is 17.0 Å². The number of hydrogen-bond donors (Lipinski definition) is 4. The predicted octanol–water partition coefficient (Wildman–Crippen LogP) is 3.05. The number of aromatic nitrogens is 4. The molecule has 2 heterocycles. The Morgan fingerprint density at radius 1 is 1.21 bits per heavy atom. The lowest BCUT2D eigenvalue weighted by molar-refractivity contribution is 0.0943. The Balaban J connectivity index is 1.95. The van der Waals surface area contributed by atoms with E-state index in [2.05, 4.69) is 25.6 Å². The standard InChI is InChI=1S/C19H25FN6O2/c1-11(2)26-10-23-15-16(21-8-12-7-13(20)5-6-14(12)27)24-18(25-17(15)26)22-9-19(3,4)28/h5-7,10-11,27-28H,8-9H2,1-4H3,(H2,21,22,24,25). The topological polar surface area (TPSA) is 108 Å². The molecular weight excluding hydrogens is 363 g/mol. The van der Waals surface area contributed by atoms with Gasteiger partial charge in [0.2, 0.25) is 5.95 Å². The number of imidazole rings is 1. The summed E-state index contributed by atoms with van der Waals surface area (Å²) in [5.41, 5.74) is 0.672. The molecule has 4 N–H and O–H groups in total. The molecular formula is C19H25FN6O2. The van der Waals surface area contributed by atoms with Crippen molar-refractivity contribution in [1.29, 1.82) is 0 Å². The van der Waals surface area contributed by atoms with Crippen LogP contribution in [0.2, 0.25) is 0 Å². The smallest absolute Gasteiger partial charge is 0.226 e. The summed E-state index contributed by atoms with van der Waals surface area (Å²) in [7, 11) is 0. The zero-order chi connectivity index (χ0) is 20.5. The van der Waals surface area contributed by atoms with E-state index in [1.165, 1.54) is 18.2 Å². The van der Waals surface area contributed by atoms with Crippen LogP contribution in [-0.4, -0.2) is 41.9 Å². The van der Waals surface area contributed by atoms with Crippen molar-refractivity contribution in [3.63, 3.8) is 0 Å². The van der Waals surface area contributed by atoms with Gasteiger partial charge in [-0.2, -0.15) is 9.97 Å². The fourth-order valence-corrected chi connectivity index (χ4v) is 2.67.